The molecule has 0 bridgehead atoms. The lowest BCUT2D eigenvalue weighted by atomic mass is 10.2. The number of carbonyl (C=O) groups is 1. The first-order valence-electron chi connectivity index (χ1n) is 8.33. The lowest BCUT2D eigenvalue weighted by Crippen LogP contribution is -2.13. The zero-order valence-corrected chi connectivity index (χ0v) is 15.0. The molecule has 0 radical (unpaired) electrons. The Hall–Kier alpha value is -4.08. The molecule has 0 saturated carbocycles. The summed E-state index contributed by atoms with van der Waals surface area (Å²) in [6, 6.07) is 9.36. The number of aromatic nitrogens is 5. The molecule has 0 unspecified atom stereocenters. The monoisotopic (exact) mass is 377 g/mol. The number of hydrogen-bond donors (Lipinski definition) is 1. The highest BCUT2D eigenvalue weighted by Crippen LogP contribution is 2.20. The van der Waals surface area contributed by atoms with Gasteiger partial charge in [0.1, 0.15) is 0 Å². The Morgan fingerprint density at radius 1 is 1.21 bits per heavy atom. The second kappa shape index (κ2) is 6.58. The normalized spacial score (nSPS) is 10.9. The van der Waals surface area contributed by atoms with Gasteiger partial charge in [-0.1, -0.05) is 6.07 Å². The minimum absolute atomic E-state index is 0.0507. The number of nitrogens with one attached hydrogen (secondary N) is 1. The zero-order valence-electron chi connectivity index (χ0n) is 15.0. The molecule has 0 aliphatic heterocycles. The van der Waals surface area contributed by atoms with Crippen LogP contribution in [0, 0.1) is 17.0 Å². The first-order chi connectivity index (χ1) is 13.4. The number of nitrogens with zero attached hydrogens (tertiary/aromatic N) is 6. The van der Waals surface area contributed by atoms with Crippen molar-refractivity contribution in [1.29, 1.82) is 0 Å². The van der Waals surface area contributed by atoms with E-state index in [0.29, 0.717) is 11.4 Å². The van der Waals surface area contributed by atoms with E-state index < -0.39 is 10.8 Å². The molecule has 10 nitrogen and oxygen atoms in total. The van der Waals surface area contributed by atoms with Crippen molar-refractivity contribution in [2.75, 3.05) is 5.32 Å². The quantitative estimate of drug-likeness (QED) is 0.431. The summed E-state index contributed by atoms with van der Waals surface area (Å²) >= 11 is 0. The molecule has 1 N–H and O–H groups in total. The third-order valence-electron chi connectivity index (χ3n) is 4.25. The molecule has 3 heterocycles. The van der Waals surface area contributed by atoms with Gasteiger partial charge in [-0.15, -0.1) is 0 Å². The van der Waals surface area contributed by atoms with Crippen LogP contribution in [0.25, 0.3) is 16.7 Å². The number of aryl methyl sites for hydroxylation is 2. The van der Waals surface area contributed by atoms with E-state index in [0.717, 1.165) is 16.7 Å². The molecule has 10 heteroatoms. The second-order valence-electron chi connectivity index (χ2n) is 6.18. The molecule has 0 spiro atoms. The summed E-state index contributed by atoms with van der Waals surface area (Å²) in [4.78, 5) is 27.3. The van der Waals surface area contributed by atoms with Crippen LogP contribution in [0.5, 0.6) is 0 Å². The van der Waals surface area contributed by atoms with E-state index in [1.54, 1.807) is 42.3 Å². The average molecular weight is 377 g/mol. The summed E-state index contributed by atoms with van der Waals surface area (Å²) in [5, 5.41) is 23.0. The number of rotatable bonds is 4. The average Bonchev–Trinajstić information content (AvgIpc) is 3.27. The molecule has 1 aromatic carbocycles. The lowest BCUT2D eigenvalue weighted by molar-refractivity contribution is -0.384. The fraction of sp³-hybridized carbons (Fsp3) is 0.111. The fourth-order valence-corrected chi connectivity index (χ4v) is 2.91. The largest absolute Gasteiger partial charge is 0.319 e. The van der Waals surface area contributed by atoms with Crippen LogP contribution in [-0.2, 0) is 7.05 Å². The van der Waals surface area contributed by atoms with Crippen molar-refractivity contribution in [1.82, 2.24) is 24.5 Å². The summed E-state index contributed by atoms with van der Waals surface area (Å²) < 4.78 is 3.09. The van der Waals surface area contributed by atoms with Crippen molar-refractivity contribution in [3.05, 3.63) is 70.3 Å². The first-order valence-corrected chi connectivity index (χ1v) is 8.33. The highest BCUT2D eigenvalue weighted by molar-refractivity contribution is 6.03. The van der Waals surface area contributed by atoms with E-state index in [-0.39, 0.29) is 11.4 Å². The Kier molecular flexibility index (Phi) is 4.07. The number of fused-ring (bicyclic) bond motifs is 1. The maximum atomic E-state index is 12.5. The van der Waals surface area contributed by atoms with Gasteiger partial charge < -0.3 is 5.32 Å². The van der Waals surface area contributed by atoms with Crippen LogP contribution in [0.2, 0.25) is 0 Å². The van der Waals surface area contributed by atoms with Gasteiger partial charge in [-0.05, 0) is 25.1 Å². The fourth-order valence-electron chi connectivity index (χ4n) is 2.91. The third-order valence-corrected chi connectivity index (χ3v) is 4.25. The van der Waals surface area contributed by atoms with Gasteiger partial charge in [-0.3, -0.25) is 19.6 Å². The van der Waals surface area contributed by atoms with Crippen LogP contribution in [-0.4, -0.2) is 35.4 Å². The summed E-state index contributed by atoms with van der Waals surface area (Å²) in [6.07, 6.45) is 3.12. The van der Waals surface area contributed by atoms with Gasteiger partial charge in [-0.2, -0.15) is 10.2 Å². The van der Waals surface area contributed by atoms with Gasteiger partial charge >= 0.3 is 0 Å². The molecule has 28 heavy (non-hydrogen) atoms. The first kappa shape index (κ1) is 17.3. The molecule has 0 aliphatic carbocycles. The molecular formula is C18H15N7O3. The van der Waals surface area contributed by atoms with Gasteiger partial charge in [0.05, 0.1) is 28.2 Å². The van der Waals surface area contributed by atoms with Gasteiger partial charge in [-0.25, -0.2) is 9.67 Å². The Labute approximate surface area is 158 Å². The maximum absolute atomic E-state index is 12.5. The van der Waals surface area contributed by atoms with E-state index in [2.05, 4.69) is 20.5 Å². The SMILES string of the molecule is Cc1nn(C)c2ncc(NC(=O)c3ccn(-c4cccc([N+](=O)[O-])c4)n3)cc12. The molecule has 4 aromatic rings. The minimum Gasteiger partial charge on any atom is -0.319 e. The van der Waals surface area contributed by atoms with Crippen molar-refractivity contribution in [3.8, 4) is 5.69 Å². The Morgan fingerprint density at radius 3 is 2.82 bits per heavy atom. The number of pyridine rings is 1. The van der Waals surface area contributed by atoms with Gasteiger partial charge in [0, 0.05) is 30.8 Å². The predicted octanol–water partition coefficient (Wildman–Crippen LogP) is 2.62. The van der Waals surface area contributed by atoms with E-state index in [9.17, 15) is 14.9 Å². The number of carbonyl (C=O) groups excluding carboxylic acids is 1. The van der Waals surface area contributed by atoms with Crippen LogP contribution in [0.15, 0.2) is 48.8 Å². The van der Waals surface area contributed by atoms with Crippen LogP contribution in [0.3, 0.4) is 0 Å². The summed E-state index contributed by atoms with van der Waals surface area (Å²) in [6.45, 7) is 1.87. The molecule has 0 saturated heterocycles. The van der Waals surface area contributed by atoms with Crippen LogP contribution in [0.1, 0.15) is 16.2 Å². The summed E-state index contributed by atoms with van der Waals surface area (Å²) in [7, 11) is 1.81. The number of nitro groups is 1. The summed E-state index contributed by atoms with van der Waals surface area (Å²) in [5.74, 6) is -0.410. The smallest absolute Gasteiger partial charge is 0.276 e. The van der Waals surface area contributed by atoms with Crippen molar-refractivity contribution < 1.29 is 9.72 Å². The van der Waals surface area contributed by atoms with E-state index in [1.807, 2.05) is 6.92 Å². The second-order valence-corrected chi connectivity index (χ2v) is 6.18. The number of non-ortho nitro benzene ring substituents is 1. The van der Waals surface area contributed by atoms with E-state index in [4.69, 9.17) is 0 Å². The maximum Gasteiger partial charge on any atom is 0.276 e. The van der Waals surface area contributed by atoms with Crippen LogP contribution >= 0.6 is 0 Å². The highest BCUT2D eigenvalue weighted by atomic mass is 16.6. The van der Waals surface area contributed by atoms with Crippen LogP contribution in [0.4, 0.5) is 11.4 Å². The number of amides is 1. The number of benzene rings is 1. The molecule has 0 fully saturated rings. The topological polar surface area (TPSA) is 121 Å². The Morgan fingerprint density at radius 2 is 2.04 bits per heavy atom. The van der Waals surface area contributed by atoms with Crippen molar-refractivity contribution in [2.45, 2.75) is 6.92 Å². The van der Waals surface area contributed by atoms with E-state index in [1.165, 1.54) is 22.9 Å². The van der Waals surface area contributed by atoms with Crippen molar-refractivity contribution in [3.63, 3.8) is 0 Å². The Bertz CT molecular complexity index is 1230. The molecule has 0 aliphatic rings. The zero-order chi connectivity index (χ0) is 19.8. The molecule has 4 rings (SSSR count). The van der Waals surface area contributed by atoms with Gasteiger partial charge in [0.25, 0.3) is 11.6 Å². The molecule has 3 aromatic heterocycles. The van der Waals surface area contributed by atoms with Crippen molar-refractivity contribution in [2.24, 2.45) is 7.05 Å². The minimum atomic E-state index is -0.482. The Balaban J connectivity index is 1.57. The molecule has 1 amide bonds. The standard InChI is InChI=1S/C18H15N7O3/c1-11-15-8-12(10-19-17(15)23(2)21-11)20-18(26)16-6-7-24(22-16)13-4-3-5-14(9-13)25(27)28/h3-10H,1-2H3,(H,20,26). The molecular weight excluding hydrogens is 362 g/mol. The molecule has 0 atom stereocenters. The van der Waals surface area contributed by atoms with Gasteiger partial charge in [0.15, 0.2) is 11.3 Å². The third kappa shape index (κ3) is 3.07. The number of hydrogen-bond acceptors (Lipinski definition) is 6. The lowest BCUT2D eigenvalue weighted by Gasteiger charge is -2.04. The van der Waals surface area contributed by atoms with E-state index >= 15 is 0 Å². The number of nitro benzene ring substituents is 1. The number of anilines is 1. The van der Waals surface area contributed by atoms with Gasteiger partial charge in [0.2, 0.25) is 0 Å². The predicted molar refractivity (Wildman–Crippen MR) is 101 cm³/mol. The molecule has 140 valence electrons. The summed E-state index contributed by atoms with van der Waals surface area (Å²) in [5.41, 5.74) is 2.68. The van der Waals surface area contributed by atoms with Crippen molar-refractivity contribution >= 4 is 28.3 Å². The highest BCUT2D eigenvalue weighted by Gasteiger charge is 2.14. The van der Waals surface area contributed by atoms with Crippen LogP contribution < -0.4 is 5.32 Å².